The fourth-order valence-corrected chi connectivity index (χ4v) is 1.92. The fourth-order valence-electron chi connectivity index (χ4n) is 1.03. The zero-order chi connectivity index (χ0) is 8.55. The van der Waals surface area contributed by atoms with Gasteiger partial charge in [-0.15, -0.1) is 0 Å². The molecule has 2 nitrogen and oxygen atoms in total. The number of fused-ring (bicyclic) bond motifs is 1. The van der Waals surface area contributed by atoms with Gasteiger partial charge in [-0.05, 0) is 12.1 Å². The Hall–Kier alpha value is -0.480. The molecule has 0 aliphatic heterocycles. The van der Waals surface area contributed by atoms with Crippen molar-refractivity contribution in [2.75, 3.05) is 0 Å². The van der Waals surface area contributed by atoms with Gasteiger partial charge in [0.15, 0.2) is 0 Å². The SMILES string of the molecule is Brc1ccc(Br)c2cnncc12. The van der Waals surface area contributed by atoms with Crippen LogP contribution in [0.25, 0.3) is 10.8 Å². The van der Waals surface area contributed by atoms with Crippen molar-refractivity contribution in [2.24, 2.45) is 0 Å². The minimum atomic E-state index is 1.04. The van der Waals surface area contributed by atoms with E-state index in [1.165, 1.54) is 0 Å². The van der Waals surface area contributed by atoms with Gasteiger partial charge in [0.1, 0.15) is 0 Å². The average Bonchev–Trinajstić information content (AvgIpc) is 2.12. The van der Waals surface area contributed by atoms with Gasteiger partial charge in [-0.2, -0.15) is 10.2 Å². The van der Waals surface area contributed by atoms with Gasteiger partial charge in [-0.25, -0.2) is 0 Å². The minimum absolute atomic E-state index is 1.04. The van der Waals surface area contributed by atoms with Crippen molar-refractivity contribution in [1.29, 1.82) is 0 Å². The lowest BCUT2D eigenvalue weighted by atomic mass is 10.2. The van der Waals surface area contributed by atoms with Gasteiger partial charge in [-0.1, -0.05) is 31.9 Å². The highest BCUT2D eigenvalue weighted by atomic mass is 79.9. The molecule has 2 rings (SSSR count). The van der Waals surface area contributed by atoms with Crippen molar-refractivity contribution < 1.29 is 0 Å². The van der Waals surface area contributed by atoms with Gasteiger partial charge in [0.25, 0.3) is 0 Å². The Kier molecular flexibility index (Phi) is 2.11. The summed E-state index contributed by atoms with van der Waals surface area (Å²) in [6.07, 6.45) is 3.48. The summed E-state index contributed by atoms with van der Waals surface area (Å²) < 4.78 is 2.08. The first-order chi connectivity index (χ1) is 5.79. The molecule has 1 aromatic heterocycles. The molecule has 0 aliphatic carbocycles. The molecule has 0 unspecified atom stereocenters. The van der Waals surface area contributed by atoms with Crippen LogP contribution in [-0.4, -0.2) is 10.2 Å². The van der Waals surface area contributed by atoms with Crippen LogP contribution in [0.3, 0.4) is 0 Å². The zero-order valence-corrected chi connectivity index (χ0v) is 9.13. The average molecular weight is 288 g/mol. The molecule has 0 spiro atoms. The molecule has 12 heavy (non-hydrogen) atoms. The molecule has 1 aromatic carbocycles. The monoisotopic (exact) mass is 286 g/mol. The molecular formula is C8H4Br2N2. The maximum absolute atomic E-state index is 3.81. The number of hydrogen-bond donors (Lipinski definition) is 0. The molecule has 0 amide bonds. The molecular weight excluding hydrogens is 284 g/mol. The van der Waals surface area contributed by atoms with E-state index in [0.717, 1.165) is 19.7 Å². The van der Waals surface area contributed by atoms with E-state index < -0.39 is 0 Å². The van der Waals surface area contributed by atoms with E-state index in [0.29, 0.717) is 0 Å². The predicted octanol–water partition coefficient (Wildman–Crippen LogP) is 3.15. The van der Waals surface area contributed by atoms with Crippen molar-refractivity contribution in [3.63, 3.8) is 0 Å². The topological polar surface area (TPSA) is 25.8 Å². The van der Waals surface area contributed by atoms with E-state index >= 15 is 0 Å². The second kappa shape index (κ2) is 3.11. The highest BCUT2D eigenvalue weighted by molar-refractivity contribution is 9.11. The zero-order valence-electron chi connectivity index (χ0n) is 5.96. The Bertz CT molecular complexity index is 388. The van der Waals surface area contributed by atoms with Gasteiger partial charge in [-0.3, -0.25) is 0 Å². The lowest BCUT2D eigenvalue weighted by molar-refractivity contribution is 1.05. The van der Waals surface area contributed by atoms with Crippen LogP contribution in [-0.2, 0) is 0 Å². The van der Waals surface area contributed by atoms with Crippen LogP contribution in [0.4, 0.5) is 0 Å². The van der Waals surface area contributed by atoms with Crippen molar-refractivity contribution in [3.05, 3.63) is 33.5 Å². The van der Waals surface area contributed by atoms with E-state index in [4.69, 9.17) is 0 Å². The summed E-state index contributed by atoms with van der Waals surface area (Å²) in [6.45, 7) is 0. The molecule has 60 valence electrons. The summed E-state index contributed by atoms with van der Waals surface area (Å²) in [5.74, 6) is 0. The van der Waals surface area contributed by atoms with Crippen LogP contribution < -0.4 is 0 Å². The Balaban J connectivity index is 2.95. The third kappa shape index (κ3) is 1.25. The van der Waals surface area contributed by atoms with E-state index in [1.807, 2.05) is 12.1 Å². The van der Waals surface area contributed by atoms with Crippen LogP contribution in [0.1, 0.15) is 0 Å². The number of nitrogens with zero attached hydrogens (tertiary/aromatic N) is 2. The molecule has 0 saturated heterocycles. The highest BCUT2D eigenvalue weighted by Crippen LogP contribution is 2.28. The lowest BCUT2D eigenvalue weighted by Gasteiger charge is -2.00. The normalized spacial score (nSPS) is 10.5. The number of hydrogen-bond acceptors (Lipinski definition) is 2. The number of rotatable bonds is 0. The van der Waals surface area contributed by atoms with E-state index in [9.17, 15) is 0 Å². The largest absolute Gasteiger partial charge is 0.158 e. The van der Waals surface area contributed by atoms with E-state index in [2.05, 4.69) is 42.1 Å². The molecule has 0 radical (unpaired) electrons. The second-order valence-electron chi connectivity index (χ2n) is 2.35. The number of aromatic nitrogens is 2. The van der Waals surface area contributed by atoms with Crippen LogP contribution in [0.5, 0.6) is 0 Å². The molecule has 1 heterocycles. The van der Waals surface area contributed by atoms with Crippen molar-refractivity contribution in [2.45, 2.75) is 0 Å². The molecule has 0 aliphatic rings. The quantitative estimate of drug-likeness (QED) is 0.744. The maximum atomic E-state index is 3.81. The molecule has 0 bridgehead atoms. The third-order valence-electron chi connectivity index (χ3n) is 1.62. The summed E-state index contributed by atoms with van der Waals surface area (Å²) in [5.41, 5.74) is 0. The summed E-state index contributed by atoms with van der Waals surface area (Å²) in [5, 5.41) is 9.77. The van der Waals surface area contributed by atoms with Crippen LogP contribution in [0.2, 0.25) is 0 Å². The van der Waals surface area contributed by atoms with Gasteiger partial charge in [0.05, 0.1) is 12.4 Å². The predicted molar refractivity (Wildman–Crippen MR) is 54.9 cm³/mol. The van der Waals surface area contributed by atoms with Crippen LogP contribution in [0, 0.1) is 0 Å². The number of halogens is 2. The summed E-state index contributed by atoms with van der Waals surface area (Å²) in [7, 11) is 0. The minimum Gasteiger partial charge on any atom is -0.158 e. The molecule has 0 N–H and O–H groups in total. The lowest BCUT2D eigenvalue weighted by Crippen LogP contribution is -1.82. The van der Waals surface area contributed by atoms with Crippen molar-refractivity contribution in [1.82, 2.24) is 10.2 Å². The summed E-state index contributed by atoms with van der Waals surface area (Å²) in [6, 6.07) is 3.96. The van der Waals surface area contributed by atoms with Gasteiger partial charge in [0, 0.05) is 19.7 Å². The first kappa shape index (κ1) is 8.13. The molecule has 2 aromatic rings. The molecule has 0 saturated carbocycles. The number of benzene rings is 1. The fraction of sp³-hybridized carbons (Fsp3) is 0. The van der Waals surface area contributed by atoms with Gasteiger partial charge in [0.2, 0.25) is 0 Å². The van der Waals surface area contributed by atoms with Gasteiger partial charge >= 0.3 is 0 Å². The first-order valence-electron chi connectivity index (χ1n) is 3.33. The van der Waals surface area contributed by atoms with Crippen molar-refractivity contribution in [3.8, 4) is 0 Å². The Labute approximate surface area is 86.3 Å². The Morgan fingerprint density at radius 1 is 0.833 bits per heavy atom. The van der Waals surface area contributed by atoms with E-state index in [1.54, 1.807) is 12.4 Å². The smallest absolute Gasteiger partial charge is 0.0586 e. The van der Waals surface area contributed by atoms with Crippen LogP contribution >= 0.6 is 31.9 Å². The Morgan fingerprint density at radius 3 is 1.67 bits per heavy atom. The van der Waals surface area contributed by atoms with Crippen molar-refractivity contribution >= 4 is 42.6 Å². The highest BCUT2D eigenvalue weighted by Gasteiger charge is 2.01. The Morgan fingerprint density at radius 2 is 1.25 bits per heavy atom. The molecule has 4 heteroatoms. The molecule has 0 fully saturated rings. The third-order valence-corrected chi connectivity index (χ3v) is 3.00. The standard InChI is InChI=1S/C8H4Br2N2/c9-7-1-2-8(10)6-4-12-11-3-5(6)7/h1-4H. The summed E-state index contributed by atoms with van der Waals surface area (Å²) in [4.78, 5) is 0. The maximum Gasteiger partial charge on any atom is 0.0586 e. The molecule has 0 atom stereocenters. The van der Waals surface area contributed by atoms with Gasteiger partial charge < -0.3 is 0 Å². The second-order valence-corrected chi connectivity index (χ2v) is 4.05. The summed E-state index contributed by atoms with van der Waals surface area (Å²) >= 11 is 6.88. The van der Waals surface area contributed by atoms with Crippen LogP contribution in [0.15, 0.2) is 33.5 Å². The van der Waals surface area contributed by atoms with E-state index in [-0.39, 0.29) is 0 Å². The first-order valence-corrected chi connectivity index (χ1v) is 4.92.